The molecule has 2 rings (SSSR count). The molecule has 3 N–H and O–H groups in total. The number of hydrogen-bond donors (Lipinski definition) is 3. The Kier molecular flexibility index (Phi) is 5.96. The molecule has 0 atom stereocenters. The summed E-state index contributed by atoms with van der Waals surface area (Å²) >= 11 is 0. The van der Waals surface area contributed by atoms with Crippen molar-refractivity contribution in [2.24, 2.45) is 0 Å². The molecule has 0 aliphatic carbocycles. The molecule has 2 aromatic rings. The van der Waals surface area contributed by atoms with Gasteiger partial charge < -0.3 is 10.1 Å². The maximum Gasteiger partial charge on any atom is 0.266 e. The highest BCUT2D eigenvalue weighted by atomic mass is 32.2. The van der Waals surface area contributed by atoms with E-state index in [4.69, 9.17) is 4.74 Å². The van der Waals surface area contributed by atoms with Crippen molar-refractivity contribution >= 4 is 27.5 Å². The van der Waals surface area contributed by atoms with Gasteiger partial charge in [-0.05, 0) is 31.2 Å². The van der Waals surface area contributed by atoms with Gasteiger partial charge >= 0.3 is 0 Å². The highest BCUT2D eigenvalue weighted by molar-refractivity contribution is 7.89. The smallest absolute Gasteiger partial charge is 0.266 e. The first-order chi connectivity index (χ1) is 12.2. The van der Waals surface area contributed by atoms with Crippen LogP contribution in [0.4, 0.5) is 5.69 Å². The summed E-state index contributed by atoms with van der Waals surface area (Å²) < 4.78 is 29.8. The highest BCUT2D eigenvalue weighted by Crippen LogP contribution is 2.27. The number of aryl methyl sites for hydroxylation is 1. The standard InChI is InChI=1S/C17H19N3O5S/c1-11-4-6-13(7-5-11)17(22)19-20-26(23,24)14-8-9-15(18-12(2)21)16(10-14)25-3/h4-10,20H,1-3H3,(H,18,21)(H,19,22). The Morgan fingerprint density at radius 2 is 1.69 bits per heavy atom. The molecule has 0 saturated heterocycles. The number of methoxy groups -OCH3 is 1. The van der Waals surface area contributed by atoms with E-state index in [2.05, 4.69) is 10.7 Å². The number of benzene rings is 2. The van der Waals surface area contributed by atoms with Gasteiger partial charge in [0.25, 0.3) is 15.9 Å². The number of anilines is 1. The van der Waals surface area contributed by atoms with Crippen molar-refractivity contribution in [1.82, 2.24) is 10.3 Å². The van der Waals surface area contributed by atoms with Crippen LogP contribution in [0.3, 0.4) is 0 Å². The van der Waals surface area contributed by atoms with Crippen LogP contribution in [0.1, 0.15) is 22.8 Å². The van der Waals surface area contributed by atoms with Crippen molar-refractivity contribution in [3.05, 3.63) is 53.6 Å². The predicted octanol–water partition coefficient (Wildman–Crippen LogP) is 1.59. The Balaban J connectivity index is 2.15. The van der Waals surface area contributed by atoms with Crippen molar-refractivity contribution in [1.29, 1.82) is 0 Å². The number of sulfonamides is 1. The molecule has 0 unspecified atom stereocenters. The second-order valence-electron chi connectivity index (χ2n) is 5.47. The topological polar surface area (TPSA) is 114 Å². The summed E-state index contributed by atoms with van der Waals surface area (Å²) in [6.45, 7) is 3.20. The van der Waals surface area contributed by atoms with Gasteiger partial charge in [-0.2, -0.15) is 0 Å². The minimum absolute atomic E-state index is 0.132. The number of nitrogens with one attached hydrogen (secondary N) is 3. The lowest BCUT2D eigenvalue weighted by Crippen LogP contribution is -2.41. The third-order valence-corrected chi connectivity index (χ3v) is 4.65. The Morgan fingerprint density at radius 1 is 1.04 bits per heavy atom. The molecule has 138 valence electrons. The third kappa shape index (κ3) is 4.80. The highest BCUT2D eigenvalue weighted by Gasteiger charge is 2.18. The van der Waals surface area contributed by atoms with Crippen LogP contribution in [-0.2, 0) is 14.8 Å². The van der Waals surface area contributed by atoms with Crippen molar-refractivity contribution < 1.29 is 22.7 Å². The van der Waals surface area contributed by atoms with E-state index in [0.717, 1.165) is 5.56 Å². The number of carbonyl (C=O) groups is 2. The average Bonchev–Trinajstić information content (AvgIpc) is 2.60. The molecule has 0 heterocycles. The number of hydrogen-bond acceptors (Lipinski definition) is 5. The lowest BCUT2D eigenvalue weighted by Gasteiger charge is -2.12. The average molecular weight is 377 g/mol. The number of amides is 2. The molecule has 8 nitrogen and oxygen atoms in total. The molecule has 0 saturated carbocycles. The molecule has 0 aliphatic rings. The van der Waals surface area contributed by atoms with E-state index in [1.807, 2.05) is 11.8 Å². The summed E-state index contributed by atoms with van der Waals surface area (Å²) in [5.41, 5.74) is 3.79. The van der Waals surface area contributed by atoms with Gasteiger partial charge in [0.1, 0.15) is 5.75 Å². The zero-order valence-electron chi connectivity index (χ0n) is 14.5. The van der Waals surface area contributed by atoms with Gasteiger partial charge in [-0.1, -0.05) is 17.7 Å². The molecule has 0 bridgehead atoms. The van der Waals surface area contributed by atoms with Crippen LogP contribution < -0.4 is 20.3 Å². The van der Waals surface area contributed by atoms with Gasteiger partial charge in [0.2, 0.25) is 5.91 Å². The summed E-state index contributed by atoms with van der Waals surface area (Å²) in [6, 6.07) is 10.6. The molecule has 0 aromatic heterocycles. The normalized spacial score (nSPS) is 10.9. The lowest BCUT2D eigenvalue weighted by molar-refractivity contribution is -0.114. The maximum atomic E-state index is 12.4. The number of rotatable bonds is 6. The summed E-state index contributed by atoms with van der Waals surface area (Å²) in [7, 11) is -2.67. The predicted molar refractivity (Wildman–Crippen MR) is 96.3 cm³/mol. The molecule has 2 aromatic carbocycles. The van der Waals surface area contributed by atoms with Crippen LogP contribution in [0.5, 0.6) is 5.75 Å². The Labute approximate surface area is 151 Å². The molecule has 0 radical (unpaired) electrons. The first-order valence-electron chi connectivity index (χ1n) is 7.57. The summed E-state index contributed by atoms with van der Waals surface area (Å²) in [4.78, 5) is 25.1. The van der Waals surface area contributed by atoms with Gasteiger partial charge in [0.15, 0.2) is 0 Å². The van der Waals surface area contributed by atoms with E-state index in [0.29, 0.717) is 11.3 Å². The zero-order chi connectivity index (χ0) is 19.3. The van der Waals surface area contributed by atoms with Crippen molar-refractivity contribution in [2.45, 2.75) is 18.7 Å². The fourth-order valence-electron chi connectivity index (χ4n) is 2.08. The van der Waals surface area contributed by atoms with Gasteiger partial charge in [-0.25, -0.2) is 8.42 Å². The Bertz CT molecular complexity index is 924. The van der Waals surface area contributed by atoms with Gasteiger partial charge in [0, 0.05) is 18.6 Å². The first-order valence-corrected chi connectivity index (χ1v) is 9.05. The Morgan fingerprint density at radius 3 is 2.27 bits per heavy atom. The quantitative estimate of drug-likeness (QED) is 0.662. The third-order valence-electron chi connectivity index (χ3n) is 3.41. The molecule has 2 amide bonds. The van der Waals surface area contributed by atoms with Crippen molar-refractivity contribution in [3.63, 3.8) is 0 Å². The Hall–Kier alpha value is -2.91. The van der Waals surface area contributed by atoms with Crippen LogP contribution in [0.15, 0.2) is 47.4 Å². The van der Waals surface area contributed by atoms with Crippen LogP contribution in [0, 0.1) is 6.92 Å². The van der Waals surface area contributed by atoms with Crippen LogP contribution in [0.25, 0.3) is 0 Å². The van der Waals surface area contributed by atoms with E-state index in [9.17, 15) is 18.0 Å². The second-order valence-corrected chi connectivity index (χ2v) is 7.15. The monoisotopic (exact) mass is 377 g/mol. The molecule has 9 heteroatoms. The van der Waals surface area contributed by atoms with Crippen molar-refractivity contribution in [2.75, 3.05) is 12.4 Å². The molecule has 0 aliphatic heterocycles. The van der Waals surface area contributed by atoms with Crippen LogP contribution in [0.2, 0.25) is 0 Å². The van der Waals surface area contributed by atoms with Gasteiger partial charge in [-0.15, -0.1) is 4.83 Å². The van der Waals surface area contributed by atoms with Crippen LogP contribution in [-0.4, -0.2) is 27.3 Å². The lowest BCUT2D eigenvalue weighted by atomic mass is 10.1. The van der Waals surface area contributed by atoms with E-state index in [-0.39, 0.29) is 16.6 Å². The second kappa shape index (κ2) is 7.98. The summed E-state index contributed by atoms with van der Waals surface area (Å²) in [5, 5.41) is 2.53. The summed E-state index contributed by atoms with van der Waals surface area (Å²) in [6.07, 6.45) is 0. The SMILES string of the molecule is COc1cc(S(=O)(=O)NNC(=O)c2ccc(C)cc2)ccc1NC(C)=O. The molecular formula is C17H19N3O5S. The van der Waals surface area contributed by atoms with E-state index in [1.165, 1.54) is 32.2 Å². The van der Waals surface area contributed by atoms with Gasteiger partial charge in [-0.3, -0.25) is 15.0 Å². The fraction of sp³-hybridized carbons (Fsp3) is 0.176. The van der Waals surface area contributed by atoms with Gasteiger partial charge in [0.05, 0.1) is 17.7 Å². The number of ether oxygens (including phenoxy) is 1. The molecule has 26 heavy (non-hydrogen) atoms. The fourth-order valence-corrected chi connectivity index (χ4v) is 2.94. The van der Waals surface area contributed by atoms with Crippen molar-refractivity contribution in [3.8, 4) is 5.75 Å². The number of hydrazine groups is 1. The summed E-state index contributed by atoms with van der Waals surface area (Å²) in [5.74, 6) is -0.731. The van der Waals surface area contributed by atoms with E-state index < -0.39 is 15.9 Å². The van der Waals surface area contributed by atoms with E-state index in [1.54, 1.807) is 24.3 Å². The largest absolute Gasteiger partial charge is 0.495 e. The van der Waals surface area contributed by atoms with E-state index >= 15 is 0 Å². The minimum Gasteiger partial charge on any atom is -0.495 e. The maximum absolute atomic E-state index is 12.4. The number of carbonyl (C=O) groups excluding carboxylic acids is 2. The molecular weight excluding hydrogens is 358 g/mol. The van der Waals surface area contributed by atoms with Crippen LogP contribution >= 0.6 is 0 Å². The first kappa shape index (κ1) is 19.4. The minimum atomic E-state index is -4.02. The molecule has 0 fully saturated rings. The zero-order valence-corrected chi connectivity index (χ0v) is 15.3. The molecule has 0 spiro atoms.